The van der Waals surface area contributed by atoms with Crippen molar-refractivity contribution in [2.45, 2.75) is 58.7 Å². The van der Waals surface area contributed by atoms with Gasteiger partial charge in [0.05, 0.1) is 6.10 Å². The fraction of sp³-hybridized carbons (Fsp3) is 0.867. The Labute approximate surface area is 121 Å². The molecule has 20 heavy (non-hydrogen) atoms. The molecule has 2 amide bonds. The number of hydrogen-bond acceptors (Lipinski definition) is 3. The molecule has 0 aromatic carbocycles. The molecular formula is C15H26N2O3. The molecule has 3 atom stereocenters. The zero-order valence-electron chi connectivity index (χ0n) is 12.9. The standard InChI is InChI=1S/C15H26N2O3/c1-9(2)12-15(19)17(8-11-6-5-7-20-11)13(10(3)4)14(18)16-12/h9-13H,5-8H2,1-4H3,(H,16,18). The van der Waals surface area contributed by atoms with Crippen LogP contribution in [0.4, 0.5) is 0 Å². The van der Waals surface area contributed by atoms with Gasteiger partial charge in [0.25, 0.3) is 0 Å². The minimum atomic E-state index is -0.404. The molecule has 5 nitrogen and oxygen atoms in total. The first-order valence-electron chi connectivity index (χ1n) is 7.64. The normalized spacial score (nSPS) is 31.3. The lowest BCUT2D eigenvalue weighted by molar-refractivity contribution is -0.154. The summed E-state index contributed by atoms with van der Waals surface area (Å²) in [5.74, 6) is 0.213. The summed E-state index contributed by atoms with van der Waals surface area (Å²) >= 11 is 0. The smallest absolute Gasteiger partial charge is 0.246 e. The number of ether oxygens (including phenoxy) is 1. The number of amides is 2. The molecule has 0 bridgehead atoms. The number of hydrogen-bond donors (Lipinski definition) is 1. The van der Waals surface area contributed by atoms with Crippen LogP contribution < -0.4 is 5.32 Å². The summed E-state index contributed by atoms with van der Waals surface area (Å²) in [7, 11) is 0. The molecule has 0 aromatic rings. The van der Waals surface area contributed by atoms with E-state index in [-0.39, 0.29) is 35.8 Å². The Balaban J connectivity index is 2.18. The highest BCUT2D eigenvalue weighted by molar-refractivity contribution is 5.97. The van der Waals surface area contributed by atoms with Gasteiger partial charge < -0.3 is 15.0 Å². The topological polar surface area (TPSA) is 58.6 Å². The number of nitrogens with zero attached hydrogens (tertiary/aromatic N) is 1. The molecule has 0 spiro atoms. The van der Waals surface area contributed by atoms with E-state index in [0.717, 1.165) is 19.4 Å². The highest BCUT2D eigenvalue weighted by atomic mass is 16.5. The van der Waals surface area contributed by atoms with Crippen molar-refractivity contribution in [3.63, 3.8) is 0 Å². The molecule has 2 saturated heterocycles. The molecule has 114 valence electrons. The third kappa shape index (κ3) is 2.97. The number of piperazine rings is 1. The second-order valence-corrected chi connectivity index (χ2v) is 6.54. The van der Waals surface area contributed by atoms with Gasteiger partial charge in [-0.3, -0.25) is 9.59 Å². The predicted octanol–water partition coefficient (Wildman–Crippen LogP) is 1.17. The lowest BCUT2D eigenvalue weighted by Gasteiger charge is -2.42. The van der Waals surface area contributed by atoms with Crippen LogP contribution in [0.3, 0.4) is 0 Å². The van der Waals surface area contributed by atoms with Crippen LogP contribution in [0.25, 0.3) is 0 Å². The fourth-order valence-electron chi connectivity index (χ4n) is 3.08. The Morgan fingerprint density at radius 3 is 2.45 bits per heavy atom. The maximum Gasteiger partial charge on any atom is 0.246 e. The van der Waals surface area contributed by atoms with Crippen molar-refractivity contribution in [1.29, 1.82) is 0 Å². The maximum atomic E-state index is 12.7. The molecule has 2 heterocycles. The first-order valence-corrected chi connectivity index (χ1v) is 7.64. The zero-order chi connectivity index (χ0) is 14.9. The van der Waals surface area contributed by atoms with E-state index < -0.39 is 6.04 Å². The van der Waals surface area contributed by atoms with Crippen LogP contribution in [0.2, 0.25) is 0 Å². The van der Waals surface area contributed by atoms with E-state index in [1.54, 1.807) is 4.90 Å². The summed E-state index contributed by atoms with van der Waals surface area (Å²) in [4.78, 5) is 26.8. The van der Waals surface area contributed by atoms with Crippen molar-refractivity contribution in [3.05, 3.63) is 0 Å². The second-order valence-electron chi connectivity index (χ2n) is 6.54. The van der Waals surface area contributed by atoms with Gasteiger partial charge in [-0.05, 0) is 24.7 Å². The Morgan fingerprint density at radius 2 is 1.95 bits per heavy atom. The first kappa shape index (κ1) is 15.3. The number of carbonyl (C=O) groups is 2. The quantitative estimate of drug-likeness (QED) is 0.842. The van der Waals surface area contributed by atoms with Gasteiger partial charge in [0.2, 0.25) is 11.8 Å². The maximum absolute atomic E-state index is 12.7. The van der Waals surface area contributed by atoms with Crippen LogP contribution in [0.5, 0.6) is 0 Å². The summed E-state index contributed by atoms with van der Waals surface area (Å²) in [5.41, 5.74) is 0. The molecule has 2 fully saturated rings. The van der Waals surface area contributed by atoms with Crippen LogP contribution >= 0.6 is 0 Å². The van der Waals surface area contributed by atoms with Crippen LogP contribution in [0.1, 0.15) is 40.5 Å². The average Bonchev–Trinajstić information content (AvgIpc) is 2.85. The summed E-state index contributed by atoms with van der Waals surface area (Å²) in [6.45, 7) is 9.19. The number of rotatable bonds is 4. The lowest BCUT2D eigenvalue weighted by Crippen LogP contribution is -2.67. The van der Waals surface area contributed by atoms with Gasteiger partial charge in [-0.2, -0.15) is 0 Å². The molecule has 3 unspecified atom stereocenters. The Bertz CT molecular complexity index is 375. The van der Waals surface area contributed by atoms with E-state index in [4.69, 9.17) is 4.74 Å². The SMILES string of the molecule is CC(C)C1NC(=O)C(C(C)C)N(CC2CCCO2)C1=O. The second kappa shape index (κ2) is 6.12. The Morgan fingerprint density at radius 1 is 1.25 bits per heavy atom. The van der Waals surface area contributed by atoms with Gasteiger partial charge in [-0.15, -0.1) is 0 Å². The van der Waals surface area contributed by atoms with Crippen LogP contribution in [-0.2, 0) is 14.3 Å². The molecule has 0 aromatic heterocycles. The Kier molecular flexibility index (Phi) is 4.68. The van der Waals surface area contributed by atoms with Crippen molar-refractivity contribution in [2.24, 2.45) is 11.8 Å². The van der Waals surface area contributed by atoms with Gasteiger partial charge in [0, 0.05) is 13.2 Å². The Hall–Kier alpha value is -1.10. The van der Waals surface area contributed by atoms with Crippen molar-refractivity contribution >= 4 is 11.8 Å². The highest BCUT2D eigenvalue weighted by Gasteiger charge is 2.43. The third-order valence-corrected chi connectivity index (χ3v) is 4.17. The van der Waals surface area contributed by atoms with Gasteiger partial charge in [0.15, 0.2) is 0 Å². The first-order chi connectivity index (χ1) is 9.41. The molecule has 0 saturated carbocycles. The van der Waals surface area contributed by atoms with Gasteiger partial charge in [-0.25, -0.2) is 0 Å². The average molecular weight is 282 g/mol. The molecule has 2 aliphatic heterocycles. The minimum Gasteiger partial charge on any atom is -0.376 e. The molecule has 1 N–H and O–H groups in total. The van der Waals surface area contributed by atoms with E-state index >= 15 is 0 Å². The van der Waals surface area contributed by atoms with Gasteiger partial charge in [-0.1, -0.05) is 27.7 Å². The van der Waals surface area contributed by atoms with E-state index in [2.05, 4.69) is 5.32 Å². The minimum absolute atomic E-state index is 0.0312. The van der Waals surface area contributed by atoms with Crippen LogP contribution in [-0.4, -0.2) is 48.1 Å². The van der Waals surface area contributed by atoms with Gasteiger partial charge in [0.1, 0.15) is 12.1 Å². The fourth-order valence-corrected chi connectivity index (χ4v) is 3.08. The van der Waals surface area contributed by atoms with E-state index in [1.165, 1.54) is 0 Å². The van der Waals surface area contributed by atoms with Gasteiger partial charge >= 0.3 is 0 Å². The summed E-state index contributed by atoms with van der Waals surface area (Å²) in [5, 5.41) is 2.88. The molecule has 0 radical (unpaired) electrons. The third-order valence-electron chi connectivity index (χ3n) is 4.17. The van der Waals surface area contributed by atoms with Crippen molar-refractivity contribution in [2.75, 3.05) is 13.2 Å². The van der Waals surface area contributed by atoms with E-state index in [0.29, 0.717) is 6.54 Å². The van der Waals surface area contributed by atoms with Crippen LogP contribution in [0.15, 0.2) is 0 Å². The largest absolute Gasteiger partial charge is 0.376 e. The monoisotopic (exact) mass is 282 g/mol. The zero-order valence-corrected chi connectivity index (χ0v) is 12.9. The molecule has 2 rings (SSSR count). The van der Waals surface area contributed by atoms with Crippen molar-refractivity contribution in [3.8, 4) is 0 Å². The van der Waals surface area contributed by atoms with E-state index in [1.807, 2.05) is 27.7 Å². The summed E-state index contributed by atoms with van der Waals surface area (Å²) < 4.78 is 5.64. The molecule has 0 aliphatic carbocycles. The number of nitrogens with one attached hydrogen (secondary N) is 1. The highest BCUT2D eigenvalue weighted by Crippen LogP contribution is 2.23. The lowest BCUT2D eigenvalue weighted by atomic mass is 9.92. The van der Waals surface area contributed by atoms with E-state index in [9.17, 15) is 9.59 Å². The van der Waals surface area contributed by atoms with Crippen molar-refractivity contribution < 1.29 is 14.3 Å². The molecular weight excluding hydrogens is 256 g/mol. The predicted molar refractivity (Wildman–Crippen MR) is 76.1 cm³/mol. The van der Waals surface area contributed by atoms with Crippen LogP contribution in [0, 0.1) is 11.8 Å². The number of carbonyl (C=O) groups excluding carboxylic acids is 2. The molecule has 5 heteroatoms. The van der Waals surface area contributed by atoms with Crippen molar-refractivity contribution in [1.82, 2.24) is 10.2 Å². The molecule has 2 aliphatic rings. The summed E-state index contributed by atoms with van der Waals surface area (Å²) in [6, 6.07) is -0.777. The summed E-state index contributed by atoms with van der Waals surface area (Å²) in [6.07, 6.45) is 2.10.